The van der Waals surface area contributed by atoms with Crippen molar-refractivity contribution in [3.05, 3.63) is 57.2 Å². The lowest BCUT2D eigenvalue weighted by atomic mass is 10.0. The Morgan fingerprint density at radius 2 is 2.00 bits per heavy atom. The highest BCUT2D eigenvalue weighted by molar-refractivity contribution is 6.32. The molecule has 4 rings (SSSR count). The molecule has 1 atom stereocenters. The predicted octanol–water partition coefficient (Wildman–Crippen LogP) is 3.75. The van der Waals surface area contributed by atoms with Crippen molar-refractivity contribution in [2.24, 2.45) is 0 Å². The first-order valence-electron chi connectivity index (χ1n) is 8.15. The highest BCUT2D eigenvalue weighted by Crippen LogP contribution is 2.33. The lowest BCUT2D eigenvalue weighted by molar-refractivity contribution is -0.136. The highest BCUT2D eigenvalue weighted by Gasteiger charge is 2.32. The SMILES string of the molecule is Cc1c(Cl)ccc2c1C(=O)N[C@@H](Cc1c[nH]c3cc(Cl)cc(O)c13)C(=O)O2. The highest BCUT2D eigenvalue weighted by atomic mass is 35.5. The molecular formula is C19H14Cl2N2O4. The van der Waals surface area contributed by atoms with Crippen molar-refractivity contribution in [2.75, 3.05) is 0 Å². The van der Waals surface area contributed by atoms with Gasteiger partial charge in [-0.2, -0.15) is 0 Å². The number of halogens is 2. The number of ether oxygens (including phenoxy) is 1. The molecule has 1 aromatic heterocycles. The molecule has 2 heterocycles. The Hall–Kier alpha value is -2.70. The van der Waals surface area contributed by atoms with Gasteiger partial charge in [-0.15, -0.1) is 0 Å². The minimum absolute atomic E-state index is 0.00650. The summed E-state index contributed by atoms with van der Waals surface area (Å²) in [6.45, 7) is 1.69. The second-order valence-corrected chi connectivity index (χ2v) is 7.20. The topological polar surface area (TPSA) is 91.4 Å². The standard InChI is InChI=1S/C19H14Cl2N2O4/c1-8-11(21)2-3-15-16(8)18(25)23-13(19(26)27-15)4-9-7-22-12-5-10(20)6-14(24)17(9)12/h2-3,5-7,13,22,24H,4H2,1H3,(H,23,25)/t13-/m0/s1. The largest absolute Gasteiger partial charge is 0.507 e. The van der Waals surface area contributed by atoms with Crippen molar-refractivity contribution >= 4 is 46.0 Å². The Bertz CT molecular complexity index is 1110. The van der Waals surface area contributed by atoms with Gasteiger partial charge in [0.15, 0.2) is 0 Å². The molecule has 0 bridgehead atoms. The van der Waals surface area contributed by atoms with E-state index < -0.39 is 17.9 Å². The number of aromatic nitrogens is 1. The zero-order chi connectivity index (χ0) is 19.3. The number of carbonyl (C=O) groups is 2. The van der Waals surface area contributed by atoms with E-state index in [-0.39, 0.29) is 23.5 Å². The van der Waals surface area contributed by atoms with E-state index in [1.807, 2.05) is 0 Å². The smallest absolute Gasteiger partial charge is 0.334 e. The Kier molecular flexibility index (Phi) is 4.25. The quantitative estimate of drug-likeness (QED) is 0.448. The lowest BCUT2D eigenvalue weighted by Crippen LogP contribution is -2.42. The molecule has 0 saturated carbocycles. The fourth-order valence-corrected chi connectivity index (χ4v) is 3.66. The average Bonchev–Trinajstić information content (AvgIpc) is 2.95. The molecule has 1 aliphatic heterocycles. The Morgan fingerprint density at radius 3 is 2.78 bits per heavy atom. The number of benzene rings is 2. The molecule has 0 saturated heterocycles. The molecule has 0 spiro atoms. The molecule has 2 aromatic carbocycles. The van der Waals surface area contributed by atoms with Crippen molar-refractivity contribution < 1.29 is 19.4 Å². The number of rotatable bonds is 2. The van der Waals surface area contributed by atoms with Crippen LogP contribution in [0.5, 0.6) is 11.5 Å². The van der Waals surface area contributed by atoms with E-state index in [2.05, 4.69) is 10.3 Å². The van der Waals surface area contributed by atoms with Gasteiger partial charge >= 0.3 is 5.97 Å². The number of fused-ring (bicyclic) bond motifs is 2. The summed E-state index contributed by atoms with van der Waals surface area (Å²) in [6.07, 6.45) is 1.81. The van der Waals surface area contributed by atoms with E-state index >= 15 is 0 Å². The van der Waals surface area contributed by atoms with Gasteiger partial charge in [0.2, 0.25) is 0 Å². The summed E-state index contributed by atoms with van der Waals surface area (Å²) in [5, 5.41) is 14.2. The second kappa shape index (κ2) is 6.48. The Labute approximate surface area is 164 Å². The monoisotopic (exact) mass is 404 g/mol. The average molecular weight is 405 g/mol. The van der Waals surface area contributed by atoms with Crippen molar-refractivity contribution in [3.63, 3.8) is 0 Å². The molecular weight excluding hydrogens is 391 g/mol. The molecule has 0 unspecified atom stereocenters. The molecule has 6 nitrogen and oxygen atoms in total. The zero-order valence-corrected chi connectivity index (χ0v) is 15.6. The molecule has 3 N–H and O–H groups in total. The predicted molar refractivity (Wildman–Crippen MR) is 102 cm³/mol. The van der Waals surface area contributed by atoms with Crippen LogP contribution >= 0.6 is 23.2 Å². The number of H-pyrrole nitrogens is 1. The van der Waals surface area contributed by atoms with E-state index in [0.717, 1.165) is 0 Å². The Balaban J connectivity index is 1.70. The van der Waals surface area contributed by atoms with Crippen molar-refractivity contribution in [3.8, 4) is 11.5 Å². The van der Waals surface area contributed by atoms with E-state index in [1.54, 1.807) is 25.3 Å². The van der Waals surface area contributed by atoms with Crippen LogP contribution in [0.1, 0.15) is 21.5 Å². The molecule has 1 amide bonds. The fourth-order valence-electron chi connectivity index (χ4n) is 3.29. The molecule has 3 aromatic rings. The second-order valence-electron chi connectivity index (χ2n) is 6.36. The summed E-state index contributed by atoms with van der Waals surface area (Å²) in [4.78, 5) is 28.2. The molecule has 27 heavy (non-hydrogen) atoms. The lowest BCUT2D eigenvalue weighted by Gasteiger charge is -2.13. The number of phenols is 1. The maximum absolute atomic E-state index is 12.7. The van der Waals surface area contributed by atoms with Gasteiger partial charge in [-0.1, -0.05) is 23.2 Å². The molecule has 0 fully saturated rings. The first-order valence-corrected chi connectivity index (χ1v) is 8.91. The summed E-state index contributed by atoms with van der Waals surface area (Å²) in [7, 11) is 0. The van der Waals surface area contributed by atoms with E-state index in [0.29, 0.717) is 32.1 Å². The number of aromatic amines is 1. The van der Waals surface area contributed by atoms with Crippen LogP contribution in [-0.4, -0.2) is 28.0 Å². The number of phenolic OH excluding ortho intramolecular Hbond substituents is 1. The zero-order valence-electron chi connectivity index (χ0n) is 14.1. The number of hydrogen-bond acceptors (Lipinski definition) is 4. The summed E-state index contributed by atoms with van der Waals surface area (Å²) in [6, 6.07) is 5.26. The van der Waals surface area contributed by atoms with Crippen LogP contribution in [0.3, 0.4) is 0 Å². The third-order valence-electron chi connectivity index (χ3n) is 4.62. The third kappa shape index (κ3) is 3.01. The summed E-state index contributed by atoms with van der Waals surface area (Å²) < 4.78 is 5.41. The van der Waals surface area contributed by atoms with Crippen LogP contribution in [0.4, 0.5) is 0 Å². The van der Waals surface area contributed by atoms with E-state index in [4.69, 9.17) is 27.9 Å². The van der Waals surface area contributed by atoms with E-state index in [9.17, 15) is 14.7 Å². The third-order valence-corrected chi connectivity index (χ3v) is 5.25. The fraction of sp³-hybridized carbons (Fsp3) is 0.158. The van der Waals surface area contributed by atoms with Gasteiger partial charge in [-0.25, -0.2) is 4.79 Å². The van der Waals surface area contributed by atoms with Gasteiger partial charge in [0.05, 0.1) is 11.1 Å². The maximum Gasteiger partial charge on any atom is 0.334 e. The number of nitrogens with one attached hydrogen (secondary N) is 2. The molecule has 138 valence electrons. The van der Waals surface area contributed by atoms with Gasteiger partial charge in [-0.3, -0.25) is 4.79 Å². The summed E-state index contributed by atoms with van der Waals surface area (Å²) in [5.74, 6) is -0.858. The van der Waals surface area contributed by atoms with Crippen LogP contribution < -0.4 is 10.1 Å². The Morgan fingerprint density at radius 1 is 1.22 bits per heavy atom. The van der Waals surface area contributed by atoms with Crippen LogP contribution in [0.15, 0.2) is 30.5 Å². The number of esters is 1. The first-order chi connectivity index (χ1) is 12.8. The minimum Gasteiger partial charge on any atom is -0.507 e. The van der Waals surface area contributed by atoms with Crippen LogP contribution in [0.2, 0.25) is 10.0 Å². The number of hydrogen-bond donors (Lipinski definition) is 3. The van der Waals surface area contributed by atoms with Gasteiger partial charge < -0.3 is 20.1 Å². The van der Waals surface area contributed by atoms with Gasteiger partial charge in [0, 0.05) is 28.0 Å². The number of amides is 1. The minimum atomic E-state index is -0.919. The van der Waals surface area contributed by atoms with E-state index in [1.165, 1.54) is 12.1 Å². The van der Waals surface area contributed by atoms with Gasteiger partial charge in [0.1, 0.15) is 17.5 Å². The van der Waals surface area contributed by atoms with Crippen LogP contribution in [0, 0.1) is 6.92 Å². The van der Waals surface area contributed by atoms with Crippen LogP contribution in [0.25, 0.3) is 10.9 Å². The number of carbonyl (C=O) groups excluding carboxylic acids is 2. The normalized spacial score (nSPS) is 16.6. The maximum atomic E-state index is 12.7. The molecule has 1 aliphatic rings. The molecule has 8 heteroatoms. The van der Waals surface area contributed by atoms with Gasteiger partial charge in [-0.05, 0) is 42.3 Å². The summed E-state index contributed by atoms with van der Waals surface area (Å²) >= 11 is 12.0. The molecule has 0 radical (unpaired) electrons. The molecule has 0 aliphatic carbocycles. The van der Waals surface area contributed by atoms with Crippen molar-refractivity contribution in [1.29, 1.82) is 0 Å². The van der Waals surface area contributed by atoms with Crippen molar-refractivity contribution in [2.45, 2.75) is 19.4 Å². The summed E-state index contributed by atoms with van der Waals surface area (Å²) in [5.41, 5.74) is 2.07. The first kappa shape index (κ1) is 17.7. The number of aromatic hydroxyl groups is 1. The van der Waals surface area contributed by atoms with Crippen LogP contribution in [-0.2, 0) is 11.2 Å². The van der Waals surface area contributed by atoms with Gasteiger partial charge in [0.25, 0.3) is 5.91 Å². The van der Waals surface area contributed by atoms with Crippen molar-refractivity contribution in [1.82, 2.24) is 10.3 Å².